The normalized spacial score (nSPS) is 14.6. The van der Waals surface area contributed by atoms with Crippen molar-refractivity contribution in [2.24, 2.45) is 5.73 Å². The van der Waals surface area contributed by atoms with Crippen LogP contribution in [0.1, 0.15) is 19.3 Å². The maximum Gasteiger partial charge on any atom is 0.322 e. The van der Waals surface area contributed by atoms with Gasteiger partial charge in [0.15, 0.2) is 0 Å². The fourth-order valence-electron chi connectivity index (χ4n) is 2.45. The number of ether oxygens (including phenoxy) is 3. The zero-order chi connectivity index (χ0) is 17.8. The molecular weight excluding hydrogens is 372 g/mol. The molecular formula is C13H30N2O4S3Si. The highest BCUT2D eigenvalue weighted by Gasteiger charge is 2.52. The maximum absolute atomic E-state index is 10.6. The van der Waals surface area contributed by atoms with Gasteiger partial charge in [0.05, 0.1) is 0 Å². The van der Waals surface area contributed by atoms with Crippen LogP contribution in [0.25, 0.3) is 0 Å². The van der Waals surface area contributed by atoms with E-state index < -0.39 is 16.8 Å². The van der Waals surface area contributed by atoms with Crippen molar-refractivity contribution in [1.29, 1.82) is 0 Å². The minimum Gasteiger partial charge on any atom is -0.372 e. The number of thioether (sulfide) groups is 1. The van der Waals surface area contributed by atoms with Gasteiger partial charge in [0.2, 0.25) is 5.12 Å². The van der Waals surface area contributed by atoms with Gasteiger partial charge in [-0.25, -0.2) is 4.79 Å². The first kappa shape index (κ1) is 23.4. The molecule has 0 rings (SSSR count). The highest BCUT2D eigenvalue weighted by atomic mass is 32.2. The number of urea groups is 1. The standard InChI is InChI=1S/C13H30N2O4S3Si/c1-17-12(10-23,6-4-7-20)13(18-2,19-3)21-8-5-9-22-15-11(14)16/h20H,4-10H2,1-3,23H3,(H3,14,15,16). The minimum absolute atomic E-state index is 0.477. The summed E-state index contributed by atoms with van der Waals surface area (Å²) in [5.74, 6) is 2.40. The number of nitrogens with two attached hydrogens (primary N) is 1. The monoisotopic (exact) mass is 402 g/mol. The first-order valence-corrected chi connectivity index (χ1v) is 11.6. The lowest BCUT2D eigenvalue weighted by molar-refractivity contribution is -0.246. The molecule has 0 heterocycles. The fraction of sp³-hybridized carbons (Fsp3) is 0.923. The molecule has 0 saturated heterocycles. The lowest BCUT2D eigenvalue weighted by Crippen LogP contribution is -2.56. The van der Waals surface area contributed by atoms with E-state index in [9.17, 15) is 4.79 Å². The lowest BCUT2D eigenvalue weighted by Gasteiger charge is -2.46. The zero-order valence-corrected chi connectivity index (χ0v) is 19.0. The molecule has 0 aliphatic rings. The summed E-state index contributed by atoms with van der Waals surface area (Å²) in [5, 5.41) is -0.839. The van der Waals surface area contributed by atoms with E-state index in [4.69, 9.17) is 19.9 Å². The third-order valence-corrected chi connectivity index (χ3v) is 7.53. The molecule has 0 aromatic heterocycles. The van der Waals surface area contributed by atoms with Crippen molar-refractivity contribution in [3.63, 3.8) is 0 Å². The van der Waals surface area contributed by atoms with Crippen molar-refractivity contribution in [2.45, 2.75) is 36.0 Å². The SMILES string of the molecule is COC(C[SiH3])(CCCS)C(OC)(OC)SCCCSNC(N)=O. The van der Waals surface area contributed by atoms with Crippen molar-refractivity contribution in [3.05, 3.63) is 0 Å². The molecule has 0 bridgehead atoms. The number of carbonyl (C=O) groups is 1. The van der Waals surface area contributed by atoms with E-state index in [0.717, 1.165) is 52.8 Å². The van der Waals surface area contributed by atoms with Crippen molar-refractivity contribution in [1.82, 2.24) is 4.72 Å². The van der Waals surface area contributed by atoms with Crippen LogP contribution in [0.5, 0.6) is 0 Å². The second-order valence-corrected chi connectivity index (χ2v) is 8.15. The Kier molecular flexibility index (Phi) is 13.0. The summed E-state index contributed by atoms with van der Waals surface area (Å²) in [7, 11) is 6.02. The number of hydrogen-bond acceptors (Lipinski definition) is 7. The topological polar surface area (TPSA) is 82.8 Å². The Labute approximate surface area is 156 Å². The molecule has 3 N–H and O–H groups in total. The van der Waals surface area contributed by atoms with E-state index in [-0.39, 0.29) is 0 Å². The van der Waals surface area contributed by atoms with Gasteiger partial charge < -0.3 is 19.9 Å². The van der Waals surface area contributed by atoms with Crippen molar-refractivity contribution < 1.29 is 19.0 Å². The minimum atomic E-state index is -0.839. The van der Waals surface area contributed by atoms with E-state index in [2.05, 4.69) is 17.4 Å². The molecule has 138 valence electrons. The molecule has 0 radical (unpaired) electrons. The number of carbonyl (C=O) groups excluding carboxylic acids is 1. The number of methoxy groups -OCH3 is 3. The van der Waals surface area contributed by atoms with Crippen LogP contribution in [0.15, 0.2) is 0 Å². The number of thiol groups is 1. The van der Waals surface area contributed by atoms with Gasteiger partial charge in [0.25, 0.3) is 0 Å². The van der Waals surface area contributed by atoms with Crippen molar-refractivity contribution in [3.8, 4) is 0 Å². The summed E-state index contributed by atoms with van der Waals surface area (Å²) in [6, 6.07) is 0.385. The maximum atomic E-state index is 10.6. The van der Waals surface area contributed by atoms with Crippen LogP contribution < -0.4 is 10.5 Å². The Bertz CT molecular complexity index is 332. The molecule has 6 nitrogen and oxygen atoms in total. The van der Waals surface area contributed by atoms with E-state index in [1.165, 1.54) is 11.9 Å². The summed E-state index contributed by atoms with van der Waals surface area (Å²) >= 11 is 7.22. The van der Waals surface area contributed by atoms with Gasteiger partial charge in [-0.3, -0.25) is 4.72 Å². The van der Waals surface area contributed by atoms with Crippen LogP contribution >= 0.6 is 36.3 Å². The van der Waals surface area contributed by atoms with Crippen LogP contribution in [-0.2, 0) is 14.2 Å². The number of hydrogen-bond donors (Lipinski definition) is 3. The highest BCUT2D eigenvalue weighted by molar-refractivity contribution is 8.00. The fourth-order valence-corrected chi connectivity index (χ4v) is 6.07. The summed E-state index contributed by atoms with van der Waals surface area (Å²) in [6.45, 7) is 0. The first-order valence-electron chi connectivity index (χ1n) is 7.55. The molecule has 0 aromatic rings. The smallest absolute Gasteiger partial charge is 0.322 e. The molecule has 0 saturated carbocycles. The predicted octanol–water partition coefficient (Wildman–Crippen LogP) is 1.25. The Hall–Kier alpha value is 0.417. The van der Waals surface area contributed by atoms with Gasteiger partial charge in [-0.05, 0) is 48.8 Å². The van der Waals surface area contributed by atoms with E-state index >= 15 is 0 Å². The average molecular weight is 403 g/mol. The molecule has 0 aromatic carbocycles. The summed E-state index contributed by atoms with van der Waals surface area (Å²) in [6.07, 6.45) is 2.66. The Balaban J connectivity index is 4.76. The molecule has 10 heteroatoms. The third kappa shape index (κ3) is 7.05. The van der Waals surface area contributed by atoms with Crippen LogP contribution in [0.3, 0.4) is 0 Å². The summed E-state index contributed by atoms with van der Waals surface area (Å²) < 4.78 is 20.0. The number of amides is 2. The average Bonchev–Trinajstić information content (AvgIpc) is 2.56. The van der Waals surface area contributed by atoms with Gasteiger partial charge in [0.1, 0.15) is 5.60 Å². The number of primary amides is 1. The molecule has 1 unspecified atom stereocenters. The van der Waals surface area contributed by atoms with Gasteiger partial charge >= 0.3 is 6.03 Å². The van der Waals surface area contributed by atoms with E-state index in [0.29, 0.717) is 0 Å². The van der Waals surface area contributed by atoms with Crippen LogP contribution in [0.2, 0.25) is 6.04 Å². The van der Waals surface area contributed by atoms with E-state index in [1.54, 1.807) is 33.1 Å². The zero-order valence-electron chi connectivity index (χ0n) is 14.4. The molecule has 0 spiro atoms. The van der Waals surface area contributed by atoms with Gasteiger partial charge in [-0.2, -0.15) is 12.6 Å². The number of rotatable bonds is 14. The molecule has 0 aliphatic carbocycles. The Morgan fingerprint density at radius 1 is 1.22 bits per heavy atom. The second-order valence-electron chi connectivity index (χ2n) is 4.86. The lowest BCUT2D eigenvalue weighted by atomic mass is 9.98. The van der Waals surface area contributed by atoms with Gasteiger partial charge in [0, 0.05) is 37.3 Å². The van der Waals surface area contributed by atoms with Gasteiger partial charge in [-0.1, -0.05) is 11.8 Å². The first-order chi connectivity index (χ1) is 11.0. The van der Waals surface area contributed by atoms with Crippen molar-refractivity contribution >= 4 is 52.6 Å². The molecule has 2 amide bonds. The predicted molar refractivity (Wildman–Crippen MR) is 107 cm³/mol. The summed E-state index contributed by atoms with van der Waals surface area (Å²) in [5.41, 5.74) is 4.55. The van der Waals surface area contributed by atoms with Crippen LogP contribution in [-0.4, -0.2) is 65.6 Å². The molecule has 0 fully saturated rings. The van der Waals surface area contributed by atoms with Gasteiger partial charge in [-0.15, -0.1) is 0 Å². The van der Waals surface area contributed by atoms with Crippen LogP contribution in [0.4, 0.5) is 4.79 Å². The highest BCUT2D eigenvalue weighted by Crippen LogP contribution is 2.45. The third-order valence-electron chi connectivity index (χ3n) is 3.65. The molecule has 1 atom stereocenters. The molecule has 0 aliphatic heterocycles. The Morgan fingerprint density at radius 3 is 2.30 bits per heavy atom. The van der Waals surface area contributed by atoms with E-state index in [1.807, 2.05) is 0 Å². The largest absolute Gasteiger partial charge is 0.372 e. The molecule has 23 heavy (non-hydrogen) atoms. The van der Waals surface area contributed by atoms with Crippen molar-refractivity contribution in [2.75, 3.05) is 38.6 Å². The Morgan fingerprint density at radius 2 is 1.87 bits per heavy atom. The van der Waals surface area contributed by atoms with Crippen LogP contribution in [0, 0.1) is 0 Å². The number of nitrogens with one attached hydrogen (secondary N) is 1. The second kappa shape index (κ2) is 12.7. The summed E-state index contributed by atoms with van der Waals surface area (Å²) in [4.78, 5) is 10.6. The quantitative estimate of drug-likeness (QED) is 0.133.